The molecule has 2 aromatic rings. The molecule has 0 atom stereocenters. The highest BCUT2D eigenvalue weighted by Gasteiger charge is 2.21. The van der Waals surface area contributed by atoms with Crippen LogP contribution in [0.1, 0.15) is 5.56 Å². The molecule has 92 valence electrons. The topological polar surface area (TPSA) is 27.7 Å². The summed E-state index contributed by atoms with van der Waals surface area (Å²) in [5.41, 5.74) is 0.944. The first kappa shape index (κ1) is 11.0. The largest absolute Gasteiger partial charge is 0.495 e. The predicted molar refractivity (Wildman–Crippen MR) is 71.6 cm³/mol. The lowest BCUT2D eigenvalue weighted by Gasteiger charge is -2.21. The molecular weight excluding hydrogens is 228 g/mol. The Morgan fingerprint density at radius 3 is 2.33 bits per heavy atom. The van der Waals surface area contributed by atoms with E-state index in [4.69, 9.17) is 14.2 Å². The van der Waals surface area contributed by atoms with E-state index in [0.29, 0.717) is 6.61 Å². The van der Waals surface area contributed by atoms with E-state index in [1.165, 1.54) is 0 Å². The smallest absolute Gasteiger partial charge is 0.173 e. The standard InChI is InChI=1S/C15H14O3/c1-16-13-10-6-3-4-7-11(10)14(17-2)15-12(13)8-5-9-18-15/h3-8H,9H2,1-2H3. The van der Waals surface area contributed by atoms with Crippen LogP contribution in [0, 0.1) is 0 Å². The van der Waals surface area contributed by atoms with E-state index in [1.54, 1.807) is 14.2 Å². The quantitative estimate of drug-likeness (QED) is 0.809. The van der Waals surface area contributed by atoms with E-state index < -0.39 is 0 Å². The SMILES string of the molecule is COc1c2c(c(OC)c3ccccc13)OCC=C2. The van der Waals surface area contributed by atoms with Crippen molar-refractivity contribution in [3.05, 3.63) is 35.9 Å². The van der Waals surface area contributed by atoms with Gasteiger partial charge < -0.3 is 14.2 Å². The summed E-state index contributed by atoms with van der Waals surface area (Å²) in [4.78, 5) is 0. The molecule has 0 N–H and O–H groups in total. The molecule has 0 spiro atoms. The summed E-state index contributed by atoms with van der Waals surface area (Å²) in [7, 11) is 3.34. The van der Waals surface area contributed by atoms with Gasteiger partial charge in [0.05, 0.1) is 19.8 Å². The molecule has 0 saturated heterocycles. The van der Waals surface area contributed by atoms with Gasteiger partial charge in [-0.25, -0.2) is 0 Å². The van der Waals surface area contributed by atoms with Crippen molar-refractivity contribution in [2.75, 3.05) is 20.8 Å². The number of fused-ring (bicyclic) bond motifs is 2. The average Bonchev–Trinajstić information content (AvgIpc) is 2.44. The molecule has 0 unspecified atom stereocenters. The van der Waals surface area contributed by atoms with Gasteiger partial charge in [0.25, 0.3) is 0 Å². The van der Waals surface area contributed by atoms with Crippen molar-refractivity contribution in [3.63, 3.8) is 0 Å². The molecule has 0 amide bonds. The van der Waals surface area contributed by atoms with Crippen molar-refractivity contribution in [1.82, 2.24) is 0 Å². The Labute approximate surface area is 106 Å². The van der Waals surface area contributed by atoms with Crippen LogP contribution in [0.2, 0.25) is 0 Å². The molecule has 3 rings (SSSR count). The molecule has 3 nitrogen and oxygen atoms in total. The van der Waals surface area contributed by atoms with Crippen molar-refractivity contribution >= 4 is 16.8 Å². The number of ether oxygens (including phenoxy) is 3. The first-order valence-corrected chi connectivity index (χ1v) is 5.83. The minimum absolute atomic E-state index is 0.560. The number of hydrogen-bond acceptors (Lipinski definition) is 3. The van der Waals surface area contributed by atoms with Crippen LogP contribution in [0.25, 0.3) is 16.8 Å². The maximum atomic E-state index is 5.70. The summed E-state index contributed by atoms with van der Waals surface area (Å²) >= 11 is 0. The van der Waals surface area contributed by atoms with Gasteiger partial charge in [-0.1, -0.05) is 24.3 Å². The van der Waals surface area contributed by atoms with Gasteiger partial charge in [-0.05, 0) is 12.2 Å². The van der Waals surface area contributed by atoms with Crippen LogP contribution < -0.4 is 14.2 Å². The second kappa shape index (κ2) is 4.26. The molecule has 1 aliphatic rings. The number of benzene rings is 2. The van der Waals surface area contributed by atoms with E-state index in [9.17, 15) is 0 Å². The van der Waals surface area contributed by atoms with Crippen LogP contribution in [0.15, 0.2) is 30.3 Å². The van der Waals surface area contributed by atoms with Crippen LogP contribution in [0.5, 0.6) is 17.2 Å². The second-order valence-corrected chi connectivity index (χ2v) is 4.07. The summed E-state index contributed by atoms with van der Waals surface area (Å²) in [5.74, 6) is 2.36. The van der Waals surface area contributed by atoms with Gasteiger partial charge in [0, 0.05) is 10.8 Å². The van der Waals surface area contributed by atoms with E-state index in [2.05, 4.69) is 0 Å². The van der Waals surface area contributed by atoms with Crippen molar-refractivity contribution in [3.8, 4) is 17.2 Å². The van der Waals surface area contributed by atoms with Crippen LogP contribution in [0.4, 0.5) is 0 Å². The van der Waals surface area contributed by atoms with Crippen LogP contribution >= 0.6 is 0 Å². The van der Waals surface area contributed by atoms with Crippen molar-refractivity contribution in [2.24, 2.45) is 0 Å². The minimum Gasteiger partial charge on any atom is -0.495 e. The Morgan fingerprint density at radius 1 is 1.00 bits per heavy atom. The fourth-order valence-corrected chi connectivity index (χ4v) is 2.39. The molecule has 0 bridgehead atoms. The Balaban J connectivity index is 2.47. The first-order chi connectivity index (χ1) is 8.86. The van der Waals surface area contributed by atoms with Crippen molar-refractivity contribution < 1.29 is 14.2 Å². The molecule has 0 aromatic heterocycles. The minimum atomic E-state index is 0.560. The van der Waals surface area contributed by atoms with Crippen LogP contribution in [-0.4, -0.2) is 20.8 Å². The lowest BCUT2D eigenvalue weighted by molar-refractivity contribution is 0.321. The fourth-order valence-electron chi connectivity index (χ4n) is 2.39. The summed E-state index contributed by atoms with van der Waals surface area (Å²) in [6, 6.07) is 8.01. The monoisotopic (exact) mass is 242 g/mol. The Bertz CT molecular complexity index is 629. The zero-order valence-corrected chi connectivity index (χ0v) is 10.4. The molecular formula is C15H14O3. The molecule has 2 aromatic carbocycles. The maximum absolute atomic E-state index is 5.70. The van der Waals surface area contributed by atoms with Gasteiger partial charge in [0.15, 0.2) is 11.5 Å². The highest BCUT2D eigenvalue weighted by molar-refractivity contribution is 5.99. The van der Waals surface area contributed by atoms with Gasteiger partial charge in [0.2, 0.25) is 0 Å². The lowest BCUT2D eigenvalue weighted by atomic mass is 10.0. The van der Waals surface area contributed by atoms with E-state index in [-0.39, 0.29) is 0 Å². The number of hydrogen-bond donors (Lipinski definition) is 0. The van der Waals surface area contributed by atoms with Gasteiger partial charge >= 0.3 is 0 Å². The summed E-state index contributed by atoms with van der Waals surface area (Å²) in [5, 5.41) is 2.04. The Hall–Kier alpha value is -2.16. The molecule has 1 heterocycles. The van der Waals surface area contributed by atoms with Crippen molar-refractivity contribution in [2.45, 2.75) is 0 Å². The van der Waals surface area contributed by atoms with Gasteiger partial charge in [-0.15, -0.1) is 0 Å². The predicted octanol–water partition coefficient (Wildman–Crippen LogP) is 3.26. The summed E-state index contributed by atoms with van der Waals surface area (Å²) in [6.45, 7) is 0.560. The Kier molecular flexibility index (Phi) is 2.59. The van der Waals surface area contributed by atoms with Gasteiger partial charge in [0.1, 0.15) is 12.4 Å². The molecule has 0 saturated carbocycles. The summed E-state index contributed by atoms with van der Waals surface area (Å²) < 4.78 is 16.8. The fraction of sp³-hybridized carbons (Fsp3) is 0.200. The van der Waals surface area contributed by atoms with E-state index >= 15 is 0 Å². The van der Waals surface area contributed by atoms with Crippen LogP contribution in [0.3, 0.4) is 0 Å². The highest BCUT2D eigenvalue weighted by Crippen LogP contribution is 2.47. The third-order valence-corrected chi connectivity index (χ3v) is 3.13. The highest BCUT2D eigenvalue weighted by atomic mass is 16.5. The summed E-state index contributed by atoms with van der Waals surface area (Å²) in [6.07, 6.45) is 3.99. The molecule has 0 fully saturated rings. The van der Waals surface area contributed by atoms with E-state index in [1.807, 2.05) is 36.4 Å². The molecule has 3 heteroatoms. The molecule has 0 radical (unpaired) electrons. The zero-order valence-electron chi connectivity index (χ0n) is 10.4. The zero-order chi connectivity index (χ0) is 12.5. The van der Waals surface area contributed by atoms with Gasteiger partial charge in [-0.2, -0.15) is 0 Å². The first-order valence-electron chi connectivity index (χ1n) is 5.83. The van der Waals surface area contributed by atoms with E-state index in [0.717, 1.165) is 33.6 Å². The normalized spacial score (nSPS) is 13.0. The average molecular weight is 242 g/mol. The maximum Gasteiger partial charge on any atom is 0.173 e. The number of rotatable bonds is 2. The Morgan fingerprint density at radius 2 is 1.67 bits per heavy atom. The third kappa shape index (κ3) is 1.44. The van der Waals surface area contributed by atoms with Crippen LogP contribution in [-0.2, 0) is 0 Å². The molecule has 1 aliphatic heterocycles. The lowest BCUT2D eigenvalue weighted by Crippen LogP contribution is -2.05. The molecule has 18 heavy (non-hydrogen) atoms. The third-order valence-electron chi connectivity index (χ3n) is 3.13. The second-order valence-electron chi connectivity index (χ2n) is 4.07. The van der Waals surface area contributed by atoms with Crippen molar-refractivity contribution in [1.29, 1.82) is 0 Å². The van der Waals surface area contributed by atoms with Gasteiger partial charge in [-0.3, -0.25) is 0 Å². The molecule has 0 aliphatic carbocycles. The number of methoxy groups -OCH3 is 2.